The highest BCUT2D eigenvalue weighted by Crippen LogP contribution is 2.23. The number of hydrogen-bond donors (Lipinski definition) is 0. The van der Waals surface area contributed by atoms with Crippen molar-refractivity contribution in [2.24, 2.45) is 0 Å². The van der Waals surface area contributed by atoms with E-state index in [1.54, 1.807) is 0 Å². The van der Waals surface area contributed by atoms with Gasteiger partial charge >= 0.3 is 0 Å². The maximum atomic E-state index is 5.86. The second kappa shape index (κ2) is 5.57. The minimum atomic E-state index is 0.509. The van der Waals surface area contributed by atoms with Crippen molar-refractivity contribution in [1.29, 1.82) is 0 Å². The highest BCUT2D eigenvalue weighted by atomic mass is 16.3. The van der Waals surface area contributed by atoms with Crippen molar-refractivity contribution >= 4 is 11.1 Å². The number of likely N-dealkylation sites (tertiary alicyclic amines) is 1. The molecule has 0 bridgehead atoms. The van der Waals surface area contributed by atoms with E-state index in [2.05, 4.69) is 28.1 Å². The van der Waals surface area contributed by atoms with Crippen LogP contribution >= 0.6 is 0 Å². The fourth-order valence-electron chi connectivity index (χ4n) is 3.25. The van der Waals surface area contributed by atoms with Crippen molar-refractivity contribution < 1.29 is 4.42 Å². The molecule has 0 spiro atoms. The smallest absolute Gasteiger partial charge is 0.209 e. The topological polar surface area (TPSA) is 47.1 Å². The van der Waals surface area contributed by atoms with Gasteiger partial charge in [0.05, 0.1) is 19.3 Å². The molecule has 1 aliphatic rings. The monoisotopic (exact) mass is 296 g/mol. The van der Waals surface area contributed by atoms with E-state index in [1.807, 2.05) is 35.1 Å². The van der Waals surface area contributed by atoms with Crippen molar-refractivity contribution in [3.05, 3.63) is 48.1 Å². The zero-order valence-corrected chi connectivity index (χ0v) is 12.8. The highest BCUT2D eigenvalue weighted by Gasteiger charge is 2.26. The van der Waals surface area contributed by atoms with E-state index < -0.39 is 0 Å². The van der Waals surface area contributed by atoms with Crippen molar-refractivity contribution in [3.63, 3.8) is 0 Å². The summed E-state index contributed by atoms with van der Waals surface area (Å²) in [4.78, 5) is 7.05. The highest BCUT2D eigenvalue weighted by molar-refractivity contribution is 5.72. The van der Waals surface area contributed by atoms with Crippen molar-refractivity contribution in [2.75, 3.05) is 6.54 Å². The van der Waals surface area contributed by atoms with E-state index >= 15 is 0 Å². The van der Waals surface area contributed by atoms with E-state index in [9.17, 15) is 0 Å². The quantitative estimate of drug-likeness (QED) is 0.742. The Morgan fingerprint density at radius 1 is 1.32 bits per heavy atom. The molecule has 3 aromatic rings. The molecule has 1 saturated heterocycles. The number of oxazole rings is 1. The molecule has 0 radical (unpaired) electrons. The molecule has 1 unspecified atom stereocenters. The van der Waals surface area contributed by atoms with Gasteiger partial charge in [0.1, 0.15) is 5.52 Å². The molecular formula is C17H20N4O. The molecule has 0 amide bonds. The Morgan fingerprint density at radius 2 is 2.23 bits per heavy atom. The molecule has 114 valence electrons. The SMILES string of the molecule is Cc1cnn(CC2CCCN2Cc2nc3ccccc3o2)c1. The first-order valence-electron chi connectivity index (χ1n) is 7.85. The first kappa shape index (κ1) is 13.5. The van der Waals surface area contributed by atoms with E-state index in [1.165, 1.54) is 18.4 Å². The van der Waals surface area contributed by atoms with Crippen molar-refractivity contribution in [1.82, 2.24) is 19.7 Å². The van der Waals surface area contributed by atoms with Gasteiger partial charge in [0, 0.05) is 12.2 Å². The average molecular weight is 296 g/mol. The Hall–Kier alpha value is -2.14. The zero-order valence-electron chi connectivity index (χ0n) is 12.8. The van der Waals surface area contributed by atoms with Gasteiger partial charge in [-0.2, -0.15) is 5.10 Å². The van der Waals surface area contributed by atoms with E-state index in [0.717, 1.165) is 36.6 Å². The molecule has 5 heteroatoms. The van der Waals surface area contributed by atoms with Crippen LogP contribution in [-0.2, 0) is 13.1 Å². The van der Waals surface area contributed by atoms with Gasteiger partial charge in [-0.15, -0.1) is 0 Å². The lowest BCUT2D eigenvalue weighted by Gasteiger charge is -2.22. The molecule has 0 saturated carbocycles. The van der Waals surface area contributed by atoms with Crippen molar-refractivity contribution in [2.45, 2.75) is 38.9 Å². The van der Waals surface area contributed by atoms with Crippen LogP contribution in [-0.4, -0.2) is 32.3 Å². The fraction of sp³-hybridized carbons (Fsp3) is 0.412. The van der Waals surface area contributed by atoms with Crippen LogP contribution in [0.15, 0.2) is 41.1 Å². The lowest BCUT2D eigenvalue weighted by Crippen LogP contribution is -2.32. The summed E-state index contributed by atoms with van der Waals surface area (Å²) in [6, 6.07) is 8.45. The summed E-state index contributed by atoms with van der Waals surface area (Å²) in [6.07, 6.45) is 6.46. The maximum absolute atomic E-state index is 5.86. The van der Waals surface area contributed by atoms with Gasteiger partial charge in [-0.1, -0.05) is 12.1 Å². The van der Waals surface area contributed by atoms with Gasteiger partial charge < -0.3 is 4.42 Å². The lowest BCUT2D eigenvalue weighted by molar-refractivity contribution is 0.201. The molecule has 1 fully saturated rings. The third kappa shape index (κ3) is 2.64. The van der Waals surface area contributed by atoms with Gasteiger partial charge in [0.2, 0.25) is 5.89 Å². The Morgan fingerprint density at radius 3 is 3.05 bits per heavy atom. The van der Waals surface area contributed by atoms with Crippen LogP contribution in [0.3, 0.4) is 0 Å². The third-order valence-corrected chi connectivity index (χ3v) is 4.34. The number of benzene rings is 1. The summed E-state index contributed by atoms with van der Waals surface area (Å²) in [5.41, 5.74) is 3.02. The second-order valence-corrected chi connectivity index (χ2v) is 6.08. The van der Waals surface area contributed by atoms with Crippen LogP contribution in [0.4, 0.5) is 0 Å². The standard InChI is InChI=1S/C17H20N4O/c1-13-9-18-21(10-13)11-14-5-4-8-20(14)12-17-19-15-6-2-3-7-16(15)22-17/h2-3,6-7,9-10,14H,4-5,8,11-12H2,1H3. The summed E-state index contributed by atoms with van der Waals surface area (Å²) in [6.45, 7) is 4.89. The molecular weight excluding hydrogens is 276 g/mol. The molecule has 2 aromatic heterocycles. The Labute approximate surface area is 129 Å². The summed E-state index contributed by atoms with van der Waals surface area (Å²) in [5.74, 6) is 0.810. The van der Waals surface area contributed by atoms with Crippen LogP contribution < -0.4 is 0 Å². The van der Waals surface area contributed by atoms with Gasteiger partial charge in [0.15, 0.2) is 5.58 Å². The Balaban J connectivity index is 1.48. The van der Waals surface area contributed by atoms with Crippen LogP contribution in [0, 0.1) is 6.92 Å². The van der Waals surface area contributed by atoms with Crippen molar-refractivity contribution in [3.8, 4) is 0 Å². The number of aromatic nitrogens is 3. The van der Waals surface area contributed by atoms with Crippen LogP contribution in [0.25, 0.3) is 11.1 Å². The Bertz CT molecular complexity index is 743. The van der Waals surface area contributed by atoms with Crippen LogP contribution in [0.2, 0.25) is 0 Å². The molecule has 3 heterocycles. The first-order valence-corrected chi connectivity index (χ1v) is 7.85. The molecule has 1 atom stereocenters. The molecule has 0 aliphatic carbocycles. The van der Waals surface area contributed by atoms with E-state index in [4.69, 9.17) is 4.42 Å². The largest absolute Gasteiger partial charge is 0.439 e. The molecule has 0 N–H and O–H groups in total. The van der Waals surface area contributed by atoms with Crippen LogP contribution in [0.1, 0.15) is 24.3 Å². The molecule has 4 rings (SSSR count). The molecule has 1 aliphatic heterocycles. The predicted molar refractivity (Wildman–Crippen MR) is 84.4 cm³/mol. The zero-order chi connectivity index (χ0) is 14.9. The maximum Gasteiger partial charge on any atom is 0.209 e. The van der Waals surface area contributed by atoms with Gasteiger partial charge in [0.25, 0.3) is 0 Å². The lowest BCUT2D eigenvalue weighted by atomic mass is 10.2. The van der Waals surface area contributed by atoms with Gasteiger partial charge in [-0.05, 0) is 44.0 Å². The fourth-order valence-corrected chi connectivity index (χ4v) is 3.25. The molecule has 22 heavy (non-hydrogen) atoms. The summed E-state index contributed by atoms with van der Waals surface area (Å²) in [5, 5.41) is 4.41. The number of nitrogens with zero attached hydrogens (tertiary/aromatic N) is 4. The Kier molecular flexibility index (Phi) is 3.42. The number of fused-ring (bicyclic) bond motifs is 1. The summed E-state index contributed by atoms with van der Waals surface area (Å²) >= 11 is 0. The number of rotatable bonds is 4. The number of hydrogen-bond acceptors (Lipinski definition) is 4. The van der Waals surface area contributed by atoms with Gasteiger partial charge in [-0.3, -0.25) is 9.58 Å². The minimum absolute atomic E-state index is 0.509. The summed E-state index contributed by atoms with van der Waals surface area (Å²) < 4.78 is 7.90. The third-order valence-electron chi connectivity index (χ3n) is 4.34. The normalized spacial score (nSPS) is 19.2. The van der Waals surface area contributed by atoms with Gasteiger partial charge in [-0.25, -0.2) is 4.98 Å². The number of para-hydroxylation sites is 2. The summed E-state index contributed by atoms with van der Waals surface area (Å²) in [7, 11) is 0. The molecule has 5 nitrogen and oxygen atoms in total. The molecule has 1 aromatic carbocycles. The second-order valence-electron chi connectivity index (χ2n) is 6.08. The first-order chi connectivity index (χ1) is 10.8. The predicted octanol–water partition coefficient (Wildman–Crippen LogP) is 3.00. The average Bonchev–Trinajstić information content (AvgIpc) is 3.20. The van der Waals surface area contributed by atoms with E-state index in [0.29, 0.717) is 6.04 Å². The number of aryl methyl sites for hydroxylation is 1. The van der Waals surface area contributed by atoms with E-state index in [-0.39, 0.29) is 0 Å². The minimum Gasteiger partial charge on any atom is -0.439 e. The van der Waals surface area contributed by atoms with Crippen LogP contribution in [0.5, 0.6) is 0 Å².